The average Bonchev–Trinajstić information content (AvgIpc) is 3.23. The average molecular weight is 326 g/mol. The van der Waals surface area contributed by atoms with Crippen LogP contribution in [-0.4, -0.2) is 26.3 Å². The first-order valence-corrected chi connectivity index (χ1v) is 7.88. The van der Waals surface area contributed by atoms with Gasteiger partial charge < -0.3 is 9.88 Å². The number of amides is 1. The molecule has 1 amide bonds. The number of halogens is 1. The summed E-state index contributed by atoms with van der Waals surface area (Å²) in [5, 5.41) is 7.25. The molecule has 1 atom stereocenters. The van der Waals surface area contributed by atoms with E-state index in [0.29, 0.717) is 17.1 Å². The fraction of sp³-hybridized carbons (Fsp3) is 0.222. The summed E-state index contributed by atoms with van der Waals surface area (Å²) >= 11 is 0. The Hall–Kier alpha value is -2.89. The maximum Gasteiger partial charge on any atom is 0.256 e. The van der Waals surface area contributed by atoms with Gasteiger partial charge in [-0.2, -0.15) is 5.10 Å². The van der Waals surface area contributed by atoms with Crippen molar-refractivity contribution in [3.63, 3.8) is 0 Å². The predicted molar refractivity (Wildman–Crippen MR) is 90.1 cm³/mol. The normalized spacial score (nSPS) is 12.1. The number of aromatic nitrogens is 3. The first-order chi connectivity index (χ1) is 11.6. The van der Waals surface area contributed by atoms with Crippen molar-refractivity contribution in [3.8, 4) is 11.5 Å². The Morgan fingerprint density at radius 3 is 2.71 bits per heavy atom. The first-order valence-electron chi connectivity index (χ1n) is 7.88. The highest BCUT2D eigenvalue weighted by Crippen LogP contribution is 2.20. The molecule has 5 nitrogen and oxygen atoms in total. The molecule has 0 unspecified atom stereocenters. The van der Waals surface area contributed by atoms with Crippen molar-refractivity contribution in [1.29, 1.82) is 0 Å². The Morgan fingerprint density at radius 2 is 2.04 bits per heavy atom. The minimum atomic E-state index is -0.355. The van der Waals surface area contributed by atoms with E-state index in [1.54, 1.807) is 21.4 Å². The largest absolute Gasteiger partial charge is 0.349 e. The monoisotopic (exact) mass is 326 g/mol. The molecule has 0 spiro atoms. The fourth-order valence-corrected chi connectivity index (χ4v) is 2.43. The van der Waals surface area contributed by atoms with Gasteiger partial charge in [0.25, 0.3) is 5.91 Å². The summed E-state index contributed by atoms with van der Waals surface area (Å²) in [7, 11) is 0. The summed E-state index contributed by atoms with van der Waals surface area (Å²) in [6, 6.07) is 9.91. The lowest BCUT2D eigenvalue weighted by Gasteiger charge is -2.13. The third-order valence-corrected chi connectivity index (χ3v) is 3.88. The zero-order valence-corrected chi connectivity index (χ0v) is 13.6. The molecule has 6 heteroatoms. The lowest BCUT2D eigenvalue weighted by atomic mass is 10.2. The summed E-state index contributed by atoms with van der Waals surface area (Å²) in [5.74, 6) is 0.0224. The van der Waals surface area contributed by atoms with Gasteiger partial charge >= 0.3 is 0 Å². The SMILES string of the molecule is CC[C@H](C)NC(=O)c1cnn(-c2cccc(F)c2)c1-n1cccc1. The van der Waals surface area contributed by atoms with Crippen LogP contribution in [0, 0.1) is 5.82 Å². The highest BCUT2D eigenvalue weighted by Gasteiger charge is 2.20. The van der Waals surface area contributed by atoms with Gasteiger partial charge in [-0.1, -0.05) is 13.0 Å². The number of nitrogens with one attached hydrogen (secondary N) is 1. The molecule has 0 aliphatic carbocycles. The van der Waals surface area contributed by atoms with Gasteiger partial charge in [-0.15, -0.1) is 0 Å². The topological polar surface area (TPSA) is 51.9 Å². The van der Waals surface area contributed by atoms with E-state index in [1.165, 1.54) is 18.3 Å². The fourth-order valence-electron chi connectivity index (χ4n) is 2.43. The Balaban J connectivity index is 2.10. The minimum Gasteiger partial charge on any atom is -0.349 e. The Labute approximate surface area is 139 Å². The molecule has 24 heavy (non-hydrogen) atoms. The summed E-state index contributed by atoms with van der Waals surface area (Å²) in [6.07, 6.45) is 6.00. The molecule has 3 aromatic rings. The molecule has 0 saturated heterocycles. The van der Waals surface area contributed by atoms with E-state index >= 15 is 0 Å². The number of nitrogens with zero attached hydrogens (tertiary/aromatic N) is 3. The molecule has 0 aliphatic rings. The van der Waals surface area contributed by atoms with Crippen LogP contribution >= 0.6 is 0 Å². The lowest BCUT2D eigenvalue weighted by Crippen LogP contribution is -2.32. The van der Waals surface area contributed by atoms with E-state index in [4.69, 9.17) is 0 Å². The van der Waals surface area contributed by atoms with Crippen molar-refractivity contribution in [2.45, 2.75) is 26.3 Å². The van der Waals surface area contributed by atoms with Crippen LogP contribution < -0.4 is 5.32 Å². The van der Waals surface area contributed by atoms with Gasteiger partial charge in [0.1, 0.15) is 11.4 Å². The first kappa shape index (κ1) is 16.0. The van der Waals surface area contributed by atoms with E-state index in [-0.39, 0.29) is 17.8 Å². The van der Waals surface area contributed by atoms with Crippen LogP contribution in [-0.2, 0) is 0 Å². The summed E-state index contributed by atoms with van der Waals surface area (Å²) < 4.78 is 16.9. The Bertz CT molecular complexity index is 839. The molecular formula is C18H19FN4O. The number of carbonyl (C=O) groups is 1. The van der Waals surface area contributed by atoms with Crippen LogP contribution in [0.1, 0.15) is 30.6 Å². The maximum absolute atomic E-state index is 13.6. The van der Waals surface area contributed by atoms with E-state index < -0.39 is 0 Å². The molecule has 124 valence electrons. The number of rotatable bonds is 5. The van der Waals surface area contributed by atoms with Crippen molar-refractivity contribution in [3.05, 3.63) is 66.4 Å². The molecule has 1 aromatic carbocycles. The molecule has 3 rings (SSSR count). The van der Waals surface area contributed by atoms with Crippen LogP contribution in [0.25, 0.3) is 11.5 Å². The van der Waals surface area contributed by atoms with E-state index in [1.807, 2.05) is 38.4 Å². The quantitative estimate of drug-likeness (QED) is 0.782. The van der Waals surface area contributed by atoms with Gasteiger partial charge in [0.05, 0.1) is 11.9 Å². The van der Waals surface area contributed by atoms with E-state index in [2.05, 4.69) is 10.4 Å². The number of carbonyl (C=O) groups excluding carboxylic acids is 1. The highest BCUT2D eigenvalue weighted by atomic mass is 19.1. The Morgan fingerprint density at radius 1 is 1.29 bits per heavy atom. The van der Waals surface area contributed by atoms with Crippen molar-refractivity contribution in [2.75, 3.05) is 0 Å². The van der Waals surface area contributed by atoms with Gasteiger partial charge in [0.2, 0.25) is 0 Å². The highest BCUT2D eigenvalue weighted by molar-refractivity contribution is 5.97. The van der Waals surface area contributed by atoms with Crippen LogP contribution in [0.15, 0.2) is 55.0 Å². The van der Waals surface area contributed by atoms with Gasteiger partial charge in [-0.05, 0) is 43.7 Å². The van der Waals surface area contributed by atoms with Crippen molar-refractivity contribution < 1.29 is 9.18 Å². The Kier molecular flexibility index (Phi) is 4.46. The molecule has 0 fully saturated rings. The van der Waals surface area contributed by atoms with Gasteiger partial charge in [-0.25, -0.2) is 9.07 Å². The van der Waals surface area contributed by atoms with Crippen LogP contribution in [0.5, 0.6) is 0 Å². The molecule has 0 aliphatic heterocycles. The molecule has 0 saturated carbocycles. The summed E-state index contributed by atoms with van der Waals surface area (Å²) in [6.45, 7) is 3.96. The van der Waals surface area contributed by atoms with Crippen LogP contribution in [0.2, 0.25) is 0 Å². The third-order valence-electron chi connectivity index (χ3n) is 3.88. The number of benzene rings is 1. The smallest absolute Gasteiger partial charge is 0.256 e. The molecule has 2 heterocycles. The summed E-state index contributed by atoms with van der Waals surface area (Å²) in [4.78, 5) is 12.6. The van der Waals surface area contributed by atoms with Crippen molar-refractivity contribution in [1.82, 2.24) is 19.7 Å². The second-order valence-corrected chi connectivity index (χ2v) is 5.65. The van der Waals surface area contributed by atoms with E-state index in [0.717, 1.165) is 6.42 Å². The minimum absolute atomic E-state index is 0.0625. The van der Waals surface area contributed by atoms with Crippen LogP contribution in [0.4, 0.5) is 4.39 Å². The molecule has 0 bridgehead atoms. The number of hydrogen-bond donors (Lipinski definition) is 1. The van der Waals surface area contributed by atoms with Crippen molar-refractivity contribution in [2.24, 2.45) is 0 Å². The van der Waals surface area contributed by atoms with E-state index in [9.17, 15) is 9.18 Å². The standard InChI is InChI=1S/C18H19FN4O/c1-3-13(2)21-17(24)16-12-20-23(15-8-6-7-14(19)11-15)18(16)22-9-4-5-10-22/h4-13H,3H2,1-2H3,(H,21,24)/t13-/m0/s1. The molecule has 0 radical (unpaired) electrons. The lowest BCUT2D eigenvalue weighted by molar-refractivity contribution is 0.0939. The third kappa shape index (κ3) is 3.08. The predicted octanol–water partition coefficient (Wildman–Crippen LogP) is 3.33. The van der Waals surface area contributed by atoms with Gasteiger partial charge in [0, 0.05) is 18.4 Å². The van der Waals surface area contributed by atoms with Crippen LogP contribution in [0.3, 0.4) is 0 Å². The van der Waals surface area contributed by atoms with Gasteiger partial charge in [-0.3, -0.25) is 4.79 Å². The van der Waals surface area contributed by atoms with Crippen molar-refractivity contribution >= 4 is 5.91 Å². The second-order valence-electron chi connectivity index (χ2n) is 5.65. The molecule has 2 aromatic heterocycles. The summed E-state index contributed by atoms with van der Waals surface area (Å²) in [5.41, 5.74) is 0.997. The molecule has 1 N–H and O–H groups in total. The molecular weight excluding hydrogens is 307 g/mol. The number of hydrogen-bond acceptors (Lipinski definition) is 2. The second kappa shape index (κ2) is 6.70. The maximum atomic E-state index is 13.6. The van der Waals surface area contributed by atoms with Gasteiger partial charge in [0.15, 0.2) is 5.82 Å². The zero-order valence-electron chi connectivity index (χ0n) is 13.6. The zero-order chi connectivity index (χ0) is 17.1.